The van der Waals surface area contributed by atoms with Crippen LogP contribution in [0.5, 0.6) is 0 Å². The van der Waals surface area contributed by atoms with E-state index in [1.807, 2.05) is 0 Å². The molecule has 7 unspecified atom stereocenters. The Hall–Kier alpha value is -1.16. The molecule has 0 spiro atoms. The van der Waals surface area contributed by atoms with Crippen LogP contribution in [-0.4, -0.2) is 95.4 Å². The van der Waals surface area contributed by atoms with Crippen molar-refractivity contribution in [3.63, 3.8) is 0 Å². The Labute approximate surface area is 423 Å². The molecule has 69 heavy (non-hydrogen) atoms. The lowest BCUT2D eigenvalue weighted by Gasteiger charge is -2.41. The van der Waals surface area contributed by atoms with E-state index in [-0.39, 0.29) is 18.9 Å². The molecule has 12 nitrogen and oxygen atoms in total. The highest BCUT2D eigenvalue weighted by atomic mass is 32.3. The van der Waals surface area contributed by atoms with Gasteiger partial charge in [0.1, 0.15) is 24.4 Å². The quantitative estimate of drug-likeness (QED) is 0.0193. The molecule has 1 amide bonds. The summed E-state index contributed by atoms with van der Waals surface area (Å²) in [6, 6.07) is -0.859. The number of ether oxygens (including phenoxy) is 2. The molecule has 410 valence electrons. The second-order valence-corrected chi connectivity index (χ2v) is 21.6. The van der Waals surface area contributed by atoms with Crippen LogP contribution in [0.15, 0.2) is 12.2 Å². The van der Waals surface area contributed by atoms with Gasteiger partial charge in [-0.05, 0) is 38.5 Å². The van der Waals surface area contributed by atoms with Crippen LogP contribution in [0.2, 0.25) is 0 Å². The predicted octanol–water partition coefficient (Wildman–Crippen LogP) is 13.5. The Morgan fingerprint density at radius 3 is 1.30 bits per heavy atom. The summed E-state index contributed by atoms with van der Waals surface area (Å²) in [5, 5.41) is 45.1. The van der Waals surface area contributed by atoms with Gasteiger partial charge in [0, 0.05) is 6.42 Å². The van der Waals surface area contributed by atoms with Gasteiger partial charge in [0.25, 0.3) is 0 Å². The van der Waals surface area contributed by atoms with Crippen LogP contribution in [0.3, 0.4) is 0 Å². The number of allylic oxidation sites excluding steroid dienone is 2. The number of nitrogens with one attached hydrogen (secondary N) is 1. The molecule has 1 rings (SSSR count). The zero-order chi connectivity index (χ0) is 50.5. The standard InChI is InChI=1S/C56H109NO11S/c1-3-5-7-9-11-13-15-17-19-21-23-24-25-26-28-30-32-34-36-38-40-42-44-46-52(60)57-49(48-66-56-54(62)55(68-69(63,64)65)53(61)51(47-58)67-56)50(59)45-43-41-39-37-35-33-31-29-27-22-20-18-16-14-12-10-8-6-4-2/h26,28,49-51,53-56,58-59,61-62H,3-25,27,29-48H2,1-2H3,(H,57,60)(H,63,64,65)/b28-26-. The summed E-state index contributed by atoms with van der Waals surface area (Å²) in [6.45, 7) is 3.49. The predicted molar refractivity (Wildman–Crippen MR) is 282 cm³/mol. The van der Waals surface area contributed by atoms with E-state index in [4.69, 9.17) is 9.47 Å². The number of amides is 1. The van der Waals surface area contributed by atoms with E-state index in [1.54, 1.807) is 0 Å². The zero-order valence-corrected chi connectivity index (χ0v) is 45.2. The third-order valence-electron chi connectivity index (χ3n) is 14.1. The summed E-state index contributed by atoms with van der Waals surface area (Å²) in [7, 11) is -5.08. The maximum absolute atomic E-state index is 13.1. The average Bonchev–Trinajstić information content (AvgIpc) is 3.32. The second kappa shape index (κ2) is 46.6. The van der Waals surface area contributed by atoms with Crippen LogP contribution in [-0.2, 0) is 28.9 Å². The Kier molecular flexibility index (Phi) is 44.5. The van der Waals surface area contributed by atoms with Gasteiger partial charge in [0.2, 0.25) is 5.91 Å². The molecule has 6 N–H and O–H groups in total. The van der Waals surface area contributed by atoms with Crippen LogP contribution < -0.4 is 5.32 Å². The lowest BCUT2D eigenvalue weighted by molar-refractivity contribution is -0.298. The fourth-order valence-electron chi connectivity index (χ4n) is 9.57. The van der Waals surface area contributed by atoms with Crippen LogP contribution in [0.4, 0.5) is 0 Å². The SMILES string of the molecule is CCCCCCCCCCCCCC/C=C\CCCCCCCCCC(=O)NC(COC1OC(CO)C(O)C(OS(=O)(=O)O)C1O)C(O)CCCCCCCCCCCCCCCCCCCCC. The molecule has 0 aromatic rings. The lowest BCUT2D eigenvalue weighted by atomic mass is 9.99. The normalized spacial score (nSPS) is 19.7. The van der Waals surface area contributed by atoms with Crippen molar-refractivity contribution in [1.82, 2.24) is 5.32 Å². The van der Waals surface area contributed by atoms with Crippen LogP contribution in [0.25, 0.3) is 0 Å². The van der Waals surface area contributed by atoms with E-state index in [0.29, 0.717) is 12.8 Å². The Morgan fingerprint density at radius 2 is 0.928 bits per heavy atom. The average molecular weight is 1000 g/mol. The van der Waals surface area contributed by atoms with Crippen molar-refractivity contribution >= 4 is 16.3 Å². The molecule has 0 saturated carbocycles. The van der Waals surface area contributed by atoms with Crippen LogP contribution in [0.1, 0.15) is 284 Å². The third kappa shape index (κ3) is 39.0. The van der Waals surface area contributed by atoms with E-state index in [2.05, 4.69) is 35.5 Å². The number of hydrogen-bond acceptors (Lipinski definition) is 10. The molecule has 1 heterocycles. The molecular weight excluding hydrogens is 895 g/mol. The molecular formula is C56H109NO11S. The van der Waals surface area contributed by atoms with Crippen molar-refractivity contribution in [2.24, 2.45) is 0 Å². The van der Waals surface area contributed by atoms with Crippen molar-refractivity contribution in [2.75, 3.05) is 13.2 Å². The minimum absolute atomic E-state index is 0.229. The Bertz CT molecular complexity index is 1270. The first-order chi connectivity index (χ1) is 33.5. The van der Waals surface area contributed by atoms with Gasteiger partial charge in [-0.3, -0.25) is 9.35 Å². The highest BCUT2D eigenvalue weighted by Crippen LogP contribution is 2.26. The molecule has 0 aliphatic carbocycles. The maximum atomic E-state index is 13.1. The minimum atomic E-state index is -5.08. The molecule has 1 fully saturated rings. The minimum Gasteiger partial charge on any atom is -0.394 e. The lowest BCUT2D eigenvalue weighted by Crippen LogP contribution is -2.61. The highest BCUT2D eigenvalue weighted by molar-refractivity contribution is 7.80. The van der Waals surface area contributed by atoms with Crippen molar-refractivity contribution in [3.05, 3.63) is 12.2 Å². The number of hydrogen-bond donors (Lipinski definition) is 6. The summed E-state index contributed by atoms with van der Waals surface area (Å²) < 4.78 is 47.9. The fourth-order valence-corrected chi connectivity index (χ4v) is 10.1. The summed E-state index contributed by atoms with van der Waals surface area (Å²) in [5.41, 5.74) is 0. The molecule has 1 aliphatic rings. The third-order valence-corrected chi connectivity index (χ3v) is 14.5. The molecule has 0 bridgehead atoms. The van der Waals surface area contributed by atoms with Gasteiger partial charge in [-0.25, -0.2) is 4.18 Å². The Balaban J connectivity index is 2.35. The number of carbonyl (C=O) groups excluding carboxylic acids is 1. The number of rotatable bonds is 51. The van der Waals surface area contributed by atoms with Crippen molar-refractivity contribution < 1.29 is 51.8 Å². The summed E-state index contributed by atoms with van der Waals surface area (Å²) >= 11 is 0. The van der Waals surface area contributed by atoms with Gasteiger partial charge < -0.3 is 35.2 Å². The van der Waals surface area contributed by atoms with E-state index in [0.717, 1.165) is 51.4 Å². The van der Waals surface area contributed by atoms with Crippen molar-refractivity contribution in [3.8, 4) is 0 Å². The highest BCUT2D eigenvalue weighted by Gasteiger charge is 2.48. The number of unbranched alkanes of at least 4 members (excludes halogenated alkanes) is 37. The Morgan fingerprint density at radius 1 is 0.565 bits per heavy atom. The first-order valence-electron chi connectivity index (χ1n) is 29.1. The summed E-state index contributed by atoms with van der Waals surface area (Å²) in [5.74, 6) is -0.229. The zero-order valence-electron chi connectivity index (χ0n) is 44.4. The molecule has 7 atom stereocenters. The fraction of sp³-hybridized carbons (Fsp3) is 0.946. The largest absolute Gasteiger partial charge is 0.397 e. The monoisotopic (exact) mass is 1000 g/mol. The van der Waals surface area contributed by atoms with E-state index < -0.39 is 59.9 Å². The first kappa shape index (κ1) is 65.9. The number of carbonyl (C=O) groups is 1. The van der Waals surface area contributed by atoms with Crippen LogP contribution >= 0.6 is 0 Å². The van der Waals surface area contributed by atoms with Gasteiger partial charge in [-0.15, -0.1) is 0 Å². The van der Waals surface area contributed by atoms with Crippen LogP contribution in [0, 0.1) is 0 Å². The van der Waals surface area contributed by atoms with Gasteiger partial charge in [-0.1, -0.05) is 251 Å². The number of aliphatic hydroxyl groups excluding tert-OH is 4. The van der Waals surface area contributed by atoms with E-state index in [9.17, 15) is 38.2 Å². The molecule has 0 radical (unpaired) electrons. The van der Waals surface area contributed by atoms with Gasteiger partial charge in [0.15, 0.2) is 6.29 Å². The maximum Gasteiger partial charge on any atom is 0.397 e. The molecule has 0 aromatic heterocycles. The molecule has 1 aliphatic heterocycles. The van der Waals surface area contributed by atoms with E-state index in [1.165, 1.54) is 199 Å². The number of aliphatic hydroxyl groups is 4. The van der Waals surface area contributed by atoms with E-state index >= 15 is 0 Å². The van der Waals surface area contributed by atoms with Gasteiger partial charge in [-0.2, -0.15) is 8.42 Å². The molecule has 1 saturated heterocycles. The van der Waals surface area contributed by atoms with Gasteiger partial charge in [0.05, 0.1) is 25.4 Å². The van der Waals surface area contributed by atoms with Crippen molar-refractivity contribution in [1.29, 1.82) is 0 Å². The van der Waals surface area contributed by atoms with Gasteiger partial charge >= 0.3 is 10.4 Å². The smallest absolute Gasteiger partial charge is 0.394 e. The topological polar surface area (TPSA) is 192 Å². The molecule has 0 aromatic carbocycles. The van der Waals surface area contributed by atoms with Crippen molar-refractivity contribution in [2.45, 2.75) is 326 Å². The molecule has 13 heteroatoms. The summed E-state index contributed by atoms with van der Waals surface area (Å²) in [6.07, 6.45) is 46.4. The second-order valence-electron chi connectivity index (χ2n) is 20.6. The summed E-state index contributed by atoms with van der Waals surface area (Å²) in [4.78, 5) is 13.1. The first-order valence-corrected chi connectivity index (χ1v) is 30.4.